The number of likely N-dealkylation sites (tertiary alicyclic amines) is 1. The zero-order chi connectivity index (χ0) is 21.4. The summed E-state index contributed by atoms with van der Waals surface area (Å²) < 4.78 is 3.55. The van der Waals surface area contributed by atoms with Gasteiger partial charge in [-0.3, -0.25) is 14.8 Å². The maximum Gasteiger partial charge on any atom is 0.280 e. The van der Waals surface area contributed by atoms with Crippen LogP contribution in [0.1, 0.15) is 29.4 Å². The average molecular weight is 417 g/mol. The van der Waals surface area contributed by atoms with Crippen LogP contribution in [0.2, 0.25) is 0 Å². The summed E-state index contributed by atoms with van der Waals surface area (Å²) in [5.74, 6) is -0.142. The molecule has 0 saturated carbocycles. The van der Waals surface area contributed by atoms with Crippen LogP contribution in [0, 0.1) is 0 Å². The second-order valence-corrected chi connectivity index (χ2v) is 7.94. The van der Waals surface area contributed by atoms with E-state index >= 15 is 0 Å². The number of aryl methyl sites for hydroxylation is 1. The Kier molecular flexibility index (Phi) is 4.91. The van der Waals surface area contributed by atoms with E-state index in [1.165, 1.54) is 0 Å². The molecule has 0 atom stereocenters. The molecule has 31 heavy (non-hydrogen) atoms. The molecule has 4 aromatic rings. The third-order valence-electron chi connectivity index (χ3n) is 5.65. The number of fused-ring (bicyclic) bond motifs is 1. The number of benzene rings is 1. The highest BCUT2D eigenvalue weighted by molar-refractivity contribution is 6.02. The number of aromatic nitrogens is 7. The summed E-state index contributed by atoms with van der Waals surface area (Å²) in [5, 5.41) is 16.0. The van der Waals surface area contributed by atoms with Crippen molar-refractivity contribution in [1.29, 1.82) is 0 Å². The molecule has 1 fully saturated rings. The SMILES string of the molecule is CN1CCC(n2cc(C(=O)Nc3ncc4ccc(-c5cnn(C)c5)cc4n3)nn2)CC1. The minimum absolute atomic E-state index is 0.231. The topological polar surface area (TPSA) is 107 Å². The van der Waals surface area contributed by atoms with Crippen LogP contribution >= 0.6 is 0 Å². The summed E-state index contributed by atoms with van der Waals surface area (Å²) in [7, 11) is 3.99. The Bertz CT molecular complexity index is 1240. The highest BCUT2D eigenvalue weighted by Gasteiger charge is 2.21. The van der Waals surface area contributed by atoms with Gasteiger partial charge in [0, 0.05) is 30.4 Å². The van der Waals surface area contributed by atoms with E-state index in [1.807, 2.05) is 31.4 Å². The molecule has 158 valence electrons. The normalized spacial score (nSPS) is 15.4. The summed E-state index contributed by atoms with van der Waals surface area (Å²) in [4.78, 5) is 23.7. The highest BCUT2D eigenvalue weighted by atomic mass is 16.2. The number of anilines is 1. The van der Waals surface area contributed by atoms with Crippen molar-refractivity contribution in [3.63, 3.8) is 0 Å². The lowest BCUT2D eigenvalue weighted by molar-refractivity contribution is 0.102. The summed E-state index contributed by atoms with van der Waals surface area (Å²) in [5.41, 5.74) is 2.99. The molecule has 10 heteroatoms. The lowest BCUT2D eigenvalue weighted by atomic mass is 10.1. The van der Waals surface area contributed by atoms with Gasteiger partial charge >= 0.3 is 0 Å². The van der Waals surface area contributed by atoms with Crippen LogP contribution in [-0.2, 0) is 7.05 Å². The Morgan fingerprint density at radius 1 is 1.10 bits per heavy atom. The molecule has 0 aliphatic carbocycles. The van der Waals surface area contributed by atoms with Crippen molar-refractivity contribution in [1.82, 2.24) is 39.6 Å². The molecule has 1 aliphatic rings. The van der Waals surface area contributed by atoms with Gasteiger partial charge in [0.1, 0.15) is 0 Å². The zero-order valence-electron chi connectivity index (χ0n) is 17.4. The van der Waals surface area contributed by atoms with E-state index in [-0.39, 0.29) is 23.6 Å². The third kappa shape index (κ3) is 4.02. The van der Waals surface area contributed by atoms with Crippen molar-refractivity contribution in [2.75, 3.05) is 25.5 Å². The molecule has 0 unspecified atom stereocenters. The van der Waals surface area contributed by atoms with Crippen molar-refractivity contribution < 1.29 is 4.79 Å². The van der Waals surface area contributed by atoms with Gasteiger partial charge in [0.05, 0.1) is 24.0 Å². The fourth-order valence-electron chi connectivity index (χ4n) is 3.82. The number of rotatable bonds is 4. The number of nitrogens with zero attached hydrogens (tertiary/aromatic N) is 8. The summed E-state index contributed by atoms with van der Waals surface area (Å²) in [6.07, 6.45) is 9.13. The predicted molar refractivity (Wildman–Crippen MR) is 115 cm³/mol. The van der Waals surface area contributed by atoms with Gasteiger partial charge in [-0.2, -0.15) is 5.10 Å². The molecular formula is C21H23N9O. The molecular weight excluding hydrogens is 394 g/mol. The van der Waals surface area contributed by atoms with E-state index in [0.717, 1.165) is 48.0 Å². The molecule has 4 heterocycles. The monoisotopic (exact) mass is 417 g/mol. The van der Waals surface area contributed by atoms with Crippen LogP contribution in [0.25, 0.3) is 22.0 Å². The van der Waals surface area contributed by atoms with E-state index < -0.39 is 0 Å². The van der Waals surface area contributed by atoms with Crippen LogP contribution in [0.15, 0.2) is 43.0 Å². The van der Waals surface area contributed by atoms with Crippen molar-refractivity contribution in [2.24, 2.45) is 7.05 Å². The highest BCUT2D eigenvalue weighted by Crippen LogP contribution is 2.24. The number of carbonyl (C=O) groups excluding carboxylic acids is 1. The summed E-state index contributed by atoms with van der Waals surface area (Å²) >= 11 is 0. The molecule has 0 spiro atoms. The number of carbonyl (C=O) groups is 1. The van der Waals surface area contributed by atoms with Crippen molar-refractivity contribution in [3.8, 4) is 11.1 Å². The van der Waals surface area contributed by atoms with E-state index in [0.29, 0.717) is 0 Å². The van der Waals surface area contributed by atoms with Gasteiger partial charge in [-0.25, -0.2) is 14.6 Å². The second kappa shape index (κ2) is 7.88. The first-order valence-electron chi connectivity index (χ1n) is 10.2. The molecule has 1 amide bonds. The van der Waals surface area contributed by atoms with Crippen molar-refractivity contribution in [3.05, 3.63) is 48.7 Å². The van der Waals surface area contributed by atoms with Gasteiger partial charge in [0.2, 0.25) is 5.95 Å². The summed E-state index contributed by atoms with van der Waals surface area (Å²) in [6, 6.07) is 6.19. The Labute approximate surface area is 178 Å². The maximum atomic E-state index is 12.7. The quantitative estimate of drug-likeness (QED) is 0.542. The third-order valence-corrected chi connectivity index (χ3v) is 5.65. The molecule has 1 N–H and O–H groups in total. The van der Waals surface area contributed by atoms with Crippen LogP contribution in [-0.4, -0.2) is 65.7 Å². The minimum Gasteiger partial charge on any atom is -0.306 e. The number of nitrogens with one attached hydrogen (secondary N) is 1. The van der Waals surface area contributed by atoms with Gasteiger partial charge in [-0.15, -0.1) is 5.10 Å². The lowest BCUT2D eigenvalue weighted by Crippen LogP contribution is -2.31. The number of piperidine rings is 1. The molecule has 10 nitrogen and oxygen atoms in total. The Balaban J connectivity index is 1.33. The zero-order valence-corrected chi connectivity index (χ0v) is 17.4. The van der Waals surface area contributed by atoms with Gasteiger partial charge in [0.15, 0.2) is 5.69 Å². The first-order chi connectivity index (χ1) is 15.0. The molecule has 1 saturated heterocycles. The smallest absolute Gasteiger partial charge is 0.280 e. The molecule has 1 aliphatic heterocycles. The fourth-order valence-corrected chi connectivity index (χ4v) is 3.82. The minimum atomic E-state index is -0.373. The molecule has 0 radical (unpaired) electrons. The molecule has 5 rings (SSSR count). The largest absolute Gasteiger partial charge is 0.306 e. The van der Waals surface area contributed by atoms with Crippen LogP contribution in [0.5, 0.6) is 0 Å². The second-order valence-electron chi connectivity index (χ2n) is 7.94. The fraction of sp³-hybridized carbons (Fsp3) is 0.333. The molecule has 0 bridgehead atoms. The van der Waals surface area contributed by atoms with Gasteiger partial charge in [-0.05, 0) is 44.6 Å². The molecule has 1 aromatic carbocycles. The van der Waals surface area contributed by atoms with E-state index in [2.05, 4.69) is 42.6 Å². The maximum absolute atomic E-state index is 12.7. The van der Waals surface area contributed by atoms with E-state index in [9.17, 15) is 4.79 Å². The van der Waals surface area contributed by atoms with Gasteiger partial charge in [-0.1, -0.05) is 17.3 Å². The van der Waals surface area contributed by atoms with Crippen molar-refractivity contribution >= 4 is 22.8 Å². The van der Waals surface area contributed by atoms with Gasteiger partial charge < -0.3 is 4.90 Å². The van der Waals surface area contributed by atoms with E-state index in [4.69, 9.17) is 0 Å². The summed E-state index contributed by atoms with van der Waals surface area (Å²) in [6.45, 7) is 2.02. The first-order valence-corrected chi connectivity index (χ1v) is 10.2. The Hall–Kier alpha value is -3.66. The first kappa shape index (κ1) is 19.3. The standard InChI is InChI=1S/C21H23N9O/c1-28-7-5-17(6-8-28)30-13-19(26-27-30)20(31)25-21-22-10-15-4-3-14(9-18(15)24-21)16-11-23-29(2)12-16/h3-4,9-13,17H,5-8H2,1-2H3,(H,22,24,25,31). The van der Waals surface area contributed by atoms with Crippen LogP contribution < -0.4 is 5.32 Å². The van der Waals surface area contributed by atoms with E-state index in [1.54, 1.807) is 28.0 Å². The number of hydrogen-bond donors (Lipinski definition) is 1. The molecule has 3 aromatic heterocycles. The van der Waals surface area contributed by atoms with Crippen LogP contribution in [0.3, 0.4) is 0 Å². The average Bonchev–Trinajstić information content (AvgIpc) is 3.43. The van der Waals surface area contributed by atoms with Gasteiger partial charge in [0.25, 0.3) is 5.91 Å². The predicted octanol–water partition coefficient (Wildman–Crippen LogP) is 2.14. The Morgan fingerprint density at radius 2 is 1.94 bits per heavy atom. The van der Waals surface area contributed by atoms with Crippen molar-refractivity contribution in [2.45, 2.75) is 18.9 Å². The Morgan fingerprint density at radius 3 is 2.71 bits per heavy atom. The number of hydrogen-bond acceptors (Lipinski definition) is 7. The number of amides is 1. The van der Waals surface area contributed by atoms with Crippen LogP contribution in [0.4, 0.5) is 5.95 Å². The lowest BCUT2D eigenvalue weighted by Gasteiger charge is -2.28.